The molecule has 2 aromatic carbocycles. The number of anilines is 3. The highest BCUT2D eigenvalue weighted by molar-refractivity contribution is 7.92. The lowest BCUT2D eigenvalue weighted by atomic mass is 10.1. The Hall–Kier alpha value is -4.01. The third kappa shape index (κ3) is 6.65. The molecule has 198 valence electrons. The number of carbonyl (C=O) groups is 1. The lowest BCUT2D eigenvalue weighted by Gasteiger charge is -2.30. The van der Waals surface area contributed by atoms with Gasteiger partial charge in [0.2, 0.25) is 5.95 Å². The summed E-state index contributed by atoms with van der Waals surface area (Å²) in [5.74, 6) is -0.537. The normalized spacial score (nSPS) is 13.5. The summed E-state index contributed by atoms with van der Waals surface area (Å²) in [6, 6.07) is 12.1. The first kappa shape index (κ1) is 27.0. The van der Waals surface area contributed by atoms with E-state index >= 15 is 0 Å². The number of nitrogens with one attached hydrogen (secondary N) is 3. The first-order valence-corrected chi connectivity index (χ1v) is 13.4. The summed E-state index contributed by atoms with van der Waals surface area (Å²) in [5, 5.41) is 8.37. The van der Waals surface area contributed by atoms with Crippen molar-refractivity contribution >= 4 is 56.3 Å². The van der Waals surface area contributed by atoms with E-state index in [4.69, 9.17) is 17.0 Å². The number of nitroso groups, excluding NO2 is 1. The second-order valence-electron chi connectivity index (χ2n) is 8.40. The van der Waals surface area contributed by atoms with Gasteiger partial charge in [-0.2, -0.15) is 0 Å². The van der Waals surface area contributed by atoms with E-state index in [1.807, 2.05) is 4.90 Å². The molecule has 1 aliphatic rings. The van der Waals surface area contributed by atoms with E-state index in [2.05, 4.69) is 30.5 Å². The number of rotatable bonds is 7. The molecule has 1 aliphatic heterocycles. The number of sulfonamides is 1. The number of carbonyl (C=O) groups excluding carboxylic acids is 1. The van der Waals surface area contributed by atoms with Crippen LogP contribution in [0.3, 0.4) is 0 Å². The van der Waals surface area contributed by atoms with E-state index in [-0.39, 0.29) is 27.2 Å². The van der Waals surface area contributed by atoms with Crippen LogP contribution in [-0.4, -0.2) is 55.7 Å². The fourth-order valence-corrected chi connectivity index (χ4v) is 5.00. The molecule has 38 heavy (non-hydrogen) atoms. The third-order valence-electron chi connectivity index (χ3n) is 5.54. The SMILES string of the molecule is Cc1cc(C)nc(NS(=O)(=O)c2ccc(NC(=S)NC(=O)c3cc(N=O)ccc3N3CCOCC3)cc2)n1. The van der Waals surface area contributed by atoms with Crippen molar-refractivity contribution in [1.82, 2.24) is 15.3 Å². The molecule has 1 fully saturated rings. The van der Waals surface area contributed by atoms with E-state index in [9.17, 15) is 18.1 Å². The maximum atomic E-state index is 13.0. The predicted octanol–water partition coefficient (Wildman–Crippen LogP) is 3.26. The second-order valence-corrected chi connectivity index (χ2v) is 10.5. The van der Waals surface area contributed by atoms with Gasteiger partial charge in [0.05, 0.1) is 23.7 Å². The summed E-state index contributed by atoms with van der Waals surface area (Å²) < 4.78 is 33.2. The minimum Gasteiger partial charge on any atom is -0.378 e. The maximum absolute atomic E-state index is 13.0. The summed E-state index contributed by atoms with van der Waals surface area (Å²) in [5.41, 5.74) is 2.72. The molecule has 0 saturated carbocycles. The van der Waals surface area contributed by atoms with Gasteiger partial charge in [-0.05, 0) is 79.8 Å². The van der Waals surface area contributed by atoms with Gasteiger partial charge in [-0.3, -0.25) is 10.1 Å². The molecule has 0 spiro atoms. The molecule has 0 aliphatic carbocycles. The zero-order chi connectivity index (χ0) is 27.3. The Morgan fingerprint density at radius 3 is 2.32 bits per heavy atom. The van der Waals surface area contributed by atoms with Gasteiger partial charge in [-0.25, -0.2) is 23.1 Å². The number of nitrogens with zero attached hydrogens (tertiary/aromatic N) is 4. The van der Waals surface area contributed by atoms with Gasteiger partial charge in [0, 0.05) is 35.9 Å². The highest BCUT2D eigenvalue weighted by Gasteiger charge is 2.21. The number of ether oxygens (including phenoxy) is 1. The van der Waals surface area contributed by atoms with E-state index in [1.54, 1.807) is 32.0 Å². The molecule has 1 saturated heterocycles. The van der Waals surface area contributed by atoms with Crippen molar-refractivity contribution < 1.29 is 17.9 Å². The molecule has 0 atom stereocenters. The largest absolute Gasteiger partial charge is 0.378 e. The van der Waals surface area contributed by atoms with E-state index in [0.29, 0.717) is 49.1 Å². The molecule has 14 heteroatoms. The molecular weight excluding hydrogens is 530 g/mol. The fraction of sp³-hybridized carbons (Fsp3) is 0.250. The standard InChI is InChI=1S/C24H25N7O5S2/c1-15-13-16(2)26-23(25-15)30-38(34,35)19-6-3-17(4-7-19)27-24(37)28-22(32)20-14-18(29-33)5-8-21(20)31-9-11-36-12-10-31/h3-8,13-14H,9-12H2,1-2H3,(H,25,26,30)(H2,27,28,32,37). The summed E-state index contributed by atoms with van der Waals surface area (Å²) in [6.07, 6.45) is 0. The summed E-state index contributed by atoms with van der Waals surface area (Å²) in [4.78, 5) is 34.3. The minimum atomic E-state index is -3.92. The van der Waals surface area contributed by atoms with Gasteiger partial charge < -0.3 is 15.0 Å². The average molecular weight is 556 g/mol. The highest BCUT2D eigenvalue weighted by Crippen LogP contribution is 2.27. The molecule has 0 unspecified atom stereocenters. The van der Waals surface area contributed by atoms with Crippen LogP contribution in [0.2, 0.25) is 0 Å². The van der Waals surface area contributed by atoms with Crippen LogP contribution in [0.1, 0.15) is 21.7 Å². The molecular formula is C24H25N7O5S2. The Labute approximate surface area is 224 Å². The van der Waals surface area contributed by atoms with Crippen LogP contribution in [0.25, 0.3) is 0 Å². The van der Waals surface area contributed by atoms with Gasteiger partial charge >= 0.3 is 0 Å². The molecule has 1 amide bonds. The smallest absolute Gasteiger partial charge is 0.264 e. The van der Waals surface area contributed by atoms with E-state index in [1.165, 1.54) is 30.3 Å². The van der Waals surface area contributed by atoms with Crippen molar-refractivity contribution in [2.75, 3.05) is 41.2 Å². The zero-order valence-electron chi connectivity index (χ0n) is 20.6. The fourth-order valence-electron chi connectivity index (χ4n) is 3.84. The van der Waals surface area contributed by atoms with E-state index in [0.717, 1.165) is 0 Å². The second kappa shape index (κ2) is 11.6. The number of hydrogen-bond acceptors (Lipinski definition) is 10. The lowest BCUT2D eigenvalue weighted by Crippen LogP contribution is -2.39. The number of thiocarbonyl (C=S) groups is 1. The third-order valence-corrected chi connectivity index (χ3v) is 7.09. The van der Waals surface area contributed by atoms with Crippen molar-refractivity contribution in [1.29, 1.82) is 0 Å². The molecule has 4 rings (SSSR count). The molecule has 0 radical (unpaired) electrons. The molecule has 12 nitrogen and oxygen atoms in total. The maximum Gasteiger partial charge on any atom is 0.264 e. The summed E-state index contributed by atoms with van der Waals surface area (Å²) >= 11 is 5.28. The number of aryl methyl sites for hydroxylation is 2. The van der Waals surface area contributed by atoms with Gasteiger partial charge in [0.25, 0.3) is 15.9 Å². The first-order chi connectivity index (χ1) is 18.1. The van der Waals surface area contributed by atoms with Crippen molar-refractivity contribution in [3.05, 3.63) is 70.4 Å². The predicted molar refractivity (Wildman–Crippen MR) is 147 cm³/mol. The Morgan fingerprint density at radius 1 is 1.03 bits per heavy atom. The van der Waals surface area contributed by atoms with Crippen LogP contribution in [0.5, 0.6) is 0 Å². The Kier molecular flexibility index (Phi) is 8.24. The monoisotopic (exact) mass is 555 g/mol. The molecule has 2 heterocycles. The highest BCUT2D eigenvalue weighted by atomic mass is 32.2. The minimum absolute atomic E-state index is 0.00547. The molecule has 3 N–H and O–H groups in total. The first-order valence-electron chi connectivity index (χ1n) is 11.5. The van der Waals surface area contributed by atoms with Crippen molar-refractivity contribution in [2.45, 2.75) is 18.7 Å². The number of morpholine rings is 1. The van der Waals surface area contributed by atoms with Crippen LogP contribution < -0.4 is 20.3 Å². The molecule has 0 bridgehead atoms. The van der Waals surface area contributed by atoms with E-state index < -0.39 is 15.9 Å². The van der Waals surface area contributed by atoms with Crippen molar-refractivity contribution in [3.8, 4) is 0 Å². The Bertz CT molecular complexity index is 1450. The van der Waals surface area contributed by atoms with Crippen LogP contribution >= 0.6 is 12.2 Å². The number of amides is 1. The topological polar surface area (TPSA) is 155 Å². The quantitative estimate of drug-likeness (QED) is 0.292. The Morgan fingerprint density at radius 2 is 1.68 bits per heavy atom. The van der Waals surface area contributed by atoms with Gasteiger partial charge in [-0.15, -0.1) is 4.91 Å². The average Bonchev–Trinajstić information content (AvgIpc) is 2.88. The van der Waals surface area contributed by atoms with Crippen LogP contribution in [0, 0.1) is 18.8 Å². The number of benzene rings is 2. The summed E-state index contributed by atoms with van der Waals surface area (Å²) in [6.45, 7) is 5.72. The van der Waals surface area contributed by atoms with Crippen LogP contribution in [0.4, 0.5) is 23.0 Å². The number of aromatic nitrogens is 2. The Balaban J connectivity index is 1.43. The van der Waals surface area contributed by atoms with Gasteiger partial charge in [-0.1, -0.05) is 0 Å². The van der Waals surface area contributed by atoms with Gasteiger partial charge in [0.15, 0.2) is 5.11 Å². The molecule has 1 aromatic heterocycles. The van der Waals surface area contributed by atoms with Crippen LogP contribution in [-0.2, 0) is 14.8 Å². The lowest BCUT2D eigenvalue weighted by molar-refractivity contribution is 0.0976. The van der Waals surface area contributed by atoms with Crippen molar-refractivity contribution in [3.63, 3.8) is 0 Å². The zero-order valence-corrected chi connectivity index (χ0v) is 22.2. The summed E-state index contributed by atoms with van der Waals surface area (Å²) in [7, 11) is -3.92. The van der Waals surface area contributed by atoms with Gasteiger partial charge in [0.1, 0.15) is 5.69 Å². The number of hydrogen-bond donors (Lipinski definition) is 3. The van der Waals surface area contributed by atoms with Crippen LogP contribution in [0.15, 0.2) is 58.6 Å². The van der Waals surface area contributed by atoms with Crippen molar-refractivity contribution in [2.24, 2.45) is 5.18 Å². The molecule has 3 aromatic rings.